The lowest BCUT2D eigenvalue weighted by Crippen LogP contribution is -2.34. The first-order valence-corrected chi connectivity index (χ1v) is 12.6. The molecular weight excluding hydrogens is 390 g/mol. The number of hydrogen-bond donors (Lipinski definition) is 1. The lowest BCUT2D eigenvalue weighted by molar-refractivity contribution is 0.0702. The number of carbonyl (C=O) groups is 1. The molecule has 1 aliphatic carbocycles. The summed E-state index contributed by atoms with van der Waals surface area (Å²) < 4.78 is 0. The summed E-state index contributed by atoms with van der Waals surface area (Å²) in [6, 6.07) is 2.07. The number of carboxylic acids is 1. The molecule has 164 valence electrons. The second-order valence-corrected chi connectivity index (χ2v) is 10.2. The van der Waals surface area contributed by atoms with Gasteiger partial charge in [0, 0.05) is 24.6 Å². The Morgan fingerprint density at radius 1 is 1.30 bits per heavy atom. The van der Waals surface area contributed by atoms with Gasteiger partial charge in [-0.1, -0.05) is 58.8 Å². The first kappa shape index (κ1) is 23.1. The van der Waals surface area contributed by atoms with Gasteiger partial charge < -0.3 is 5.11 Å². The quantitative estimate of drug-likeness (QED) is 0.524. The third kappa shape index (κ3) is 5.56. The highest BCUT2D eigenvalue weighted by Crippen LogP contribution is 2.41. The van der Waals surface area contributed by atoms with Crippen LogP contribution in [0, 0.1) is 29.6 Å². The molecule has 2 heterocycles. The maximum atomic E-state index is 12.1. The fourth-order valence-electron chi connectivity index (χ4n) is 4.94. The van der Waals surface area contributed by atoms with Crippen molar-refractivity contribution in [3.63, 3.8) is 0 Å². The van der Waals surface area contributed by atoms with Gasteiger partial charge in [-0.25, -0.2) is 4.79 Å². The van der Waals surface area contributed by atoms with Gasteiger partial charge in [-0.3, -0.25) is 4.90 Å². The average Bonchev–Trinajstić information content (AvgIpc) is 3.17. The Balaban J connectivity index is 1.99. The molecule has 1 N–H and O–H groups in total. The molecule has 1 atom stereocenters. The van der Waals surface area contributed by atoms with Gasteiger partial charge in [-0.15, -0.1) is 11.3 Å². The second-order valence-electron chi connectivity index (χ2n) is 9.20. The maximum Gasteiger partial charge on any atom is 0.346 e. The Bertz CT molecular complexity index is 833. The summed E-state index contributed by atoms with van der Waals surface area (Å²) in [7, 11) is 0. The number of carboxylic acid groups (broad SMARTS) is 1. The molecule has 0 aromatic carbocycles. The highest BCUT2D eigenvalue weighted by Gasteiger charge is 2.30. The predicted octanol–water partition coefficient (Wildman–Crippen LogP) is 6.54. The van der Waals surface area contributed by atoms with Crippen LogP contribution in [0.5, 0.6) is 0 Å². The second kappa shape index (κ2) is 10.6. The summed E-state index contributed by atoms with van der Waals surface area (Å²) in [4.78, 5) is 16.0. The van der Waals surface area contributed by atoms with Crippen molar-refractivity contribution in [3.05, 3.63) is 27.0 Å². The standard InChI is InChI=1S/C26H37NO2S/c1-5-7-18(3)10-13-21-16-23(25(30-21)26(28)29)22-14-15-27(6-2)17-24(22)20-11-8-19(4)9-12-20/h16,18-20H,5-9,11-12,14-15,17H2,1-4H3,(H,28,29). The van der Waals surface area contributed by atoms with E-state index in [1.165, 1.54) is 48.2 Å². The SMILES string of the molecule is CCCC(C)C#Cc1cc(C2=C(C3CCC(C)CC3)CN(CC)CC2)c(C(=O)O)s1. The van der Waals surface area contributed by atoms with E-state index in [-0.39, 0.29) is 0 Å². The van der Waals surface area contributed by atoms with E-state index in [0.717, 1.165) is 55.3 Å². The zero-order chi connectivity index (χ0) is 21.7. The van der Waals surface area contributed by atoms with Crippen LogP contribution in [0.15, 0.2) is 11.6 Å². The molecule has 1 aromatic rings. The van der Waals surface area contributed by atoms with Gasteiger partial charge in [0.05, 0.1) is 4.88 Å². The molecule has 1 aliphatic heterocycles. The highest BCUT2D eigenvalue weighted by atomic mass is 32.1. The van der Waals surface area contributed by atoms with E-state index in [0.29, 0.717) is 16.7 Å². The normalized spacial score (nSPS) is 23.7. The first-order chi connectivity index (χ1) is 14.4. The van der Waals surface area contributed by atoms with Crippen molar-refractivity contribution in [1.82, 2.24) is 4.90 Å². The third-order valence-electron chi connectivity index (χ3n) is 6.83. The van der Waals surface area contributed by atoms with Crippen molar-refractivity contribution in [2.75, 3.05) is 19.6 Å². The van der Waals surface area contributed by atoms with Gasteiger partial charge >= 0.3 is 5.97 Å². The van der Waals surface area contributed by atoms with Crippen molar-refractivity contribution in [1.29, 1.82) is 0 Å². The largest absolute Gasteiger partial charge is 0.477 e. The summed E-state index contributed by atoms with van der Waals surface area (Å²) in [5, 5.41) is 9.93. The van der Waals surface area contributed by atoms with Crippen LogP contribution in [0.3, 0.4) is 0 Å². The number of thiophene rings is 1. The predicted molar refractivity (Wildman–Crippen MR) is 127 cm³/mol. The Morgan fingerprint density at radius 3 is 2.67 bits per heavy atom. The van der Waals surface area contributed by atoms with Crippen LogP contribution in [0.4, 0.5) is 0 Å². The first-order valence-electron chi connectivity index (χ1n) is 11.8. The van der Waals surface area contributed by atoms with E-state index in [9.17, 15) is 9.90 Å². The van der Waals surface area contributed by atoms with Crippen LogP contribution in [0.25, 0.3) is 5.57 Å². The van der Waals surface area contributed by atoms with Gasteiger partial charge in [-0.2, -0.15) is 0 Å². The zero-order valence-electron chi connectivity index (χ0n) is 19.1. The topological polar surface area (TPSA) is 40.5 Å². The molecule has 30 heavy (non-hydrogen) atoms. The summed E-state index contributed by atoms with van der Waals surface area (Å²) in [6.07, 6.45) is 8.21. The molecule has 0 spiro atoms. The van der Waals surface area contributed by atoms with E-state index >= 15 is 0 Å². The molecule has 3 rings (SSSR count). The fraction of sp³-hybridized carbons (Fsp3) is 0.654. The smallest absolute Gasteiger partial charge is 0.346 e. The van der Waals surface area contributed by atoms with E-state index in [1.54, 1.807) is 0 Å². The van der Waals surface area contributed by atoms with Gasteiger partial charge in [0.1, 0.15) is 4.88 Å². The van der Waals surface area contributed by atoms with Crippen LogP contribution >= 0.6 is 11.3 Å². The molecule has 1 unspecified atom stereocenters. The Morgan fingerprint density at radius 2 is 2.03 bits per heavy atom. The Kier molecular flexibility index (Phi) is 8.20. The molecule has 0 bridgehead atoms. The van der Waals surface area contributed by atoms with Crippen LogP contribution in [0.1, 0.15) is 92.8 Å². The summed E-state index contributed by atoms with van der Waals surface area (Å²) in [6.45, 7) is 12.0. The van der Waals surface area contributed by atoms with E-state index in [1.807, 2.05) is 0 Å². The van der Waals surface area contributed by atoms with Crippen LogP contribution in [-0.4, -0.2) is 35.6 Å². The van der Waals surface area contributed by atoms with Crippen molar-refractivity contribution >= 4 is 22.9 Å². The minimum atomic E-state index is -0.813. The molecule has 1 fully saturated rings. The van der Waals surface area contributed by atoms with Crippen molar-refractivity contribution in [2.45, 2.75) is 72.6 Å². The summed E-state index contributed by atoms with van der Waals surface area (Å²) in [5.74, 6) is 7.55. The van der Waals surface area contributed by atoms with Crippen LogP contribution < -0.4 is 0 Å². The molecule has 0 saturated heterocycles. The maximum absolute atomic E-state index is 12.1. The van der Waals surface area contributed by atoms with Gasteiger partial charge in [0.25, 0.3) is 0 Å². The van der Waals surface area contributed by atoms with Gasteiger partial charge in [-0.05, 0) is 61.3 Å². The monoisotopic (exact) mass is 427 g/mol. The molecule has 0 amide bonds. The molecule has 2 aliphatic rings. The average molecular weight is 428 g/mol. The van der Waals surface area contributed by atoms with Crippen LogP contribution in [0.2, 0.25) is 0 Å². The summed E-state index contributed by atoms with van der Waals surface area (Å²) in [5.41, 5.74) is 3.76. The van der Waals surface area contributed by atoms with Crippen molar-refractivity contribution < 1.29 is 9.90 Å². The van der Waals surface area contributed by atoms with Crippen molar-refractivity contribution in [2.24, 2.45) is 17.8 Å². The molecule has 1 aromatic heterocycles. The molecular formula is C26H37NO2S. The lowest BCUT2D eigenvalue weighted by Gasteiger charge is -2.36. The van der Waals surface area contributed by atoms with E-state index < -0.39 is 5.97 Å². The summed E-state index contributed by atoms with van der Waals surface area (Å²) >= 11 is 1.36. The van der Waals surface area contributed by atoms with E-state index in [2.05, 4.69) is 50.5 Å². The Hall–Kier alpha value is -1.57. The fourth-order valence-corrected chi connectivity index (χ4v) is 5.83. The van der Waals surface area contributed by atoms with Crippen LogP contribution in [-0.2, 0) is 0 Å². The minimum absolute atomic E-state index is 0.348. The molecule has 1 saturated carbocycles. The van der Waals surface area contributed by atoms with E-state index in [4.69, 9.17) is 0 Å². The van der Waals surface area contributed by atoms with Gasteiger partial charge in [0.2, 0.25) is 0 Å². The number of nitrogens with zero attached hydrogens (tertiary/aromatic N) is 1. The molecule has 0 radical (unpaired) electrons. The minimum Gasteiger partial charge on any atom is -0.477 e. The van der Waals surface area contributed by atoms with Gasteiger partial charge in [0.15, 0.2) is 0 Å². The molecule has 4 heteroatoms. The number of rotatable bonds is 6. The number of hydrogen-bond acceptors (Lipinski definition) is 3. The lowest BCUT2D eigenvalue weighted by atomic mass is 9.75. The third-order valence-corrected chi connectivity index (χ3v) is 7.87. The molecule has 3 nitrogen and oxygen atoms in total. The Labute approximate surface area is 186 Å². The van der Waals surface area contributed by atoms with Crippen molar-refractivity contribution in [3.8, 4) is 11.8 Å². The number of likely N-dealkylation sites (N-methyl/N-ethyl adjacent to an activating group) is 1. The highest BCUT2D eigenvalue weighted by molar-refractivity contribution is 7.14. The zero-order valence-corrected chi connectivity index (χ0v) is 19.9. The number of aromatic carboxylic acids is 1.